The number of hydrogen-bond donors (Lipinski definition) is 2. The zero-order chi connectivity index (χ0) is 12.8. The number of thiocarbonyl (C=S) groups is 1. The lowest BCUT2D eigenvalue weighted by atomic mass is 10.2. The molecule has 0 saturated carbocycles. The van der Waals surface area contributed by atoms with E-state index >= 15 is 0 Å². The van der Waals surface area contributed by atoms with Gasteiger partial charge in [-0.1, -0.05) is 24.4 Å². The largest absolute Gasteiger partial charge is 0.389 e. The molecule has 1 rings (SSSR count). The Morgan fingerprint density at radius 2 is 2.06 bits per heavy atom. The van der Waals surface area contributed by atoms with Gasteiger partial charge in [0.1, 0.15) is 22.4 Å². The lowest BCUT2D eigenvalue weighted by Gasteiger charge is -2.08. The van der Waals surface area contributed by atoms with Crippen molar-refractivity contribution in [1.82, 2.24) is 5.32 Å². The van der Waals surface area contributed by atoms with E-state index in [-0.39, 0.29) is 16.4 Å². The van der Waals surface area contributed by atoms with Crippen LogP contribution in [0.3, 0.4) is 0 Å². The third-order valence-corrected chi connectivity index (χ3v) is 2.41. The Balaban J connectivity index is 2.71. The molecule has 0 aliphatic heterocycles. The van der Waals surface area contributed by atoms with Crippen molar-refractivity contribution in [3.05, 3.63) is 46.9 Å². The van der Waals surface area contributed by atoms with E-state index in [1.165, 1.54) is 12.1 Å². The van der Waals surface area contributed by atoms with Crippen molar-refractivity contribution in [2.75, 3.05) is 0 Å². The summed E-state index contributed by atoms with van der Waals surface area (Å²) >= 11 is 4.75. The molecular formula is C12H12FN3S. The fourth-order valence-electron chi connectivity index (χ4n) is 1.25. The number of nitrogens with zero attached hydrogens (tertiary/aromatic N) is 1. The number of allylic oxidation sites excluding steroid dienone is 1. The second-order valence-electron chi connectivity index (χ2n) is 3.46. The molecule has 0 aliphatic rings. The van der Waals surface area contributed by atoms with Crippen molar-refractivity contribution in [3.8, 4) is 6.07 Å². The molecule has 0 spiro atoms. The normalized spacial score (nSPS) is 11.4. The molecule has 0 saturated heterocycles. The SMILES string of the molecule is C/C(NCc1ccc(F)cc1)=C(\C#N)C(N)=S. The maximum absolute atomic E-state index is 12.7. The molecule has 0 aliphatic carbocycles. The molecule has 0 fully saturated rings. The Kier molecular flexibility index (Phi) is 4.61. The van der Waals surface area contributed by atoms with Crippen LogP contribution in [-0.4, -0.2) is 4.99 Å². The van der Waals surface area contributed by atoms with Gasteiger partial charge in [-0.2, -0.15) is 5.26 Å². The van der Waals surface area contributed by atoms with Crippen LogP contribution in [0.25, 0.3) is 0 Å². The maximum Gasteiger partial charge on any atom is 0.123 e. The second-order valence-corrected chi connectivity index (χ2v) is 3.90. The minimum absolute atomic E-state index is 0.0663. The summed E-state index contributed by atoms with van der Waals surface area (Å²) in [6, 6.07) is 8.04. The summed E-state index contributed by atoms with van der Waals surface area (Å²) in [6.07, 6.45) is 0. The lowest BCUT2D eigenvalue weighted by Crippen LogP contribution is -2.19. The molecule has 1 aromatic carbocycles. The van der Waals surface area contributed by atoms with E-state index in [9.17, 15) is 4.39 Å². The van der Waals surface area contributed by atoms with Crippen molar-refractivity contribution in [2.24, 2.45) is 5.73 Å². The van der Waals surface area contributed by atoms with Crippen molar-refractivity contribution in [2.45, 2.75) is 13.5 Å². The van der Waals surface area contributed by atoms with Crippen LogP contribution in [0.1, 0.15) is 12.5 Å². The predicted molar refractivity (Wildman–Crippen MR) is 68.3 cm³/mol. The number of nitriles is 1. The number of halogens is 1. The number of nitrogens with two attached hydrogens (primary N) is 1. The first-order valence-electron chi connectivity index (χ1n) is 4.93. The molecule has 1 aromatic rings. The van der Waals surface area contributed by atoms with Crippen LogP contribution in [-0.2, 0) is 6.54 Å². The summed E-state index contributed by atoms with van der Waals surface area (Å²) in [7, 11) is 0. The van der Waals surface area contributed by atoms with Crippen LogP contribution >= 0.6 is 12.2 Å². The number of benzene rings is 1. The van der Waals surface area contributed by atoms with Crippen molar-refractivity contribution >= 4 is 17.2 Å². The molecule has 0 bridgehead atoms. The molecular weight excluding hydrogens is 237 g/mol. The molecule has 5 heteroatoms. The van der Waals surface area contributed by atoms with Crippen molar-refractivity contribution in [3.63, 3.8) is 0 Å². The first-order chi connectivity index (χ1) is 8.04. The van der Waals surface area contributed by atoms with Gasteiger partial charge in [0.2, 0.25) is 0 Å². The first-order valence-corrected chi connectivity index (χ1v) is 5.34. The van der Waals surface area contributed by atoms with Gasteiger partial charge < -0.3 is 11.1 Å². The highest BCUT2D eigenvalue weighted by Gasteiger charge is 2.04. The Bertz CT molecular complexity index is 485. The van der Waals surface area contributed by atoms with Gasteiger partial charge in [0.05, 0.1) is 0 Å². The Hall–Kier alpha value is -1.93. The maximum atomic E-state index is 12.7. The zero-order valence-electron chi connectivity index (χ0n) is 9.33. The van der Waals surface area contributed by atoms with E-state index < -0.39 is 0 Å². The monoisotopic (exact) mass is 249 g/mol. The van der Waals surface area contributed by atoms with Gasteiger partial charge in [0.15, 0.2) is 0 Å². The van der Waals surface area contributed by atoms with Crippen LogP contribution in [0.2, 0.25) is 0 Å². The van der Waals surface area contributed by atoms with Crippen LogP contribution in [0.4, 0.5) is 4.39 Å². The topological polar surface area (TPSA) is 61.8 Å². The van der Waals surface area contributed by atoms with Crippen LogP contribution in [0, 0.1) is 17.1 Å². The standard InChI is InChI=1S/C12H12FN3S/c1-8(11(6-14)12(15)17)16-7-9-2-4-10(13)5-3-9/h2-5,16H,7H2,1H3,(H2,15,17)/b11-8-. The number of nitrogens with one attached hydrogen (secondary N) is 1. The predicted octanol–water partition coefficient (Wildman–Crippen LogP) is 2.00. The molecule has 88 valence electrons. The fourth-order valence-corrected chi connectivity index (χ4v) is 1.45. The second kappa shape index (κ2) is 5.97. The minimum atomic E-state index is -0.276. The van der Waals surface area contributed by atoms with Gasteiger partial charge in [0, 0.05) is 12.2 Å². The van der Waals surface area contributed by atoms with E-state index in [1.807, 2.05) is 6.07 Å². The van der Waals surface area contributed by atoms with Gasteiger partial charge in [0.25, 0.3) is 0 Å². The first kappa shape index (κ1) is 13.1. The molecule has 3 N–H and O–H groups in total. The molecule has 3 nitrogen and oxygen atoms in total. The summed E-state index contributed by atoms with van der Waals surface area (Å²) in [4.78, 5) is 0.0663. The van der Waals surface area contributed by atoms with Crippen LogP contribution < -0.4 is 11.1 Å². The Morgan fingerprint density at radius 1 is 1.47 bits per heavy atom. The van der Waals surface area contributed by atoms with E-state index in [0.29, 0.717) is 12.2 Å². The van der Waals surface area contributed by atoms with Gasteiger partial charge in [-0.3, -0.25) is 0 Å². The third-order valence-electron chi connectivity index (χ3n) is 2.20. The van der Waals surface area contributed by atoms with Gasteiger partial charge in [-0.05, 0) is 24.6 Å². The van der Waals surface area contributed by atoms with Crippen molar-refractivity contribution in [1.29, 1.82) is 5.26 Å². The summed E-state index contributed by atoms with van der Waals surface area (Å²) < 4.78 is 12.7. The van der Waals surface area contributed by atoms with Crippen LogP contribution in [0.15, 0.2) is 35.5 Å². The molecule has 0 atom stereocenters. The summed E-state index contributed by atoms with van der Waals surface area (Å²) in [5.74, 6) is -0.276. The minimum Gasteiger partial charge on any atom is -0.389 e. The third kappa shape index (κ3) is 3.85. The molecule has 0 heterocycles. The molecule has 0 aromatic heterocycles. The number of hydrogen-bond acceptors (Lipinski definition) is 3. The smallest absolute Gasteiger partial charge is 0.123 e. The average molecular weight is 249 g/mol. The van der Waals surface area contributed by atoms with E-state index in [0.717, 1.165) is 5.56 Å². The summed E-state index contributed by atoms with van der Waals surface area (Å²) in [6.45, 7) is 2.21. The fraction of sp³-hybridized carbons (Fsp3) is 0.167. The highest BCUT2D eigenvalue weighted by molar-refractivity contribution is 7.80. The van der Waals surface area contributed by atoms with Gasteiger partial charge >= 0.3 is 0 Å². The van der Waals surface area contributed by atoms with E-state index in [2.05, 4.69) is 5.32 Å². The lowest BCUT2D eigenvalue weighted by molar-refractivity contribution is 0.626. The van der Waals surface area contributed by atoms with E-state index in [4.69, 9.17) is 23.2 Å². The van der Waals surface area contributed by atoms with Crippen molar-refractivity contribution < 1.29 is 4.39 Å². The summed E-state index contributed by atoms with van der Waals surface area (Å²) in [5.41, 5.74) is 7.19. The number of rotatable bonds is 4. The Labute approximate surface area is 105 Å². The summed E-state index contributed by atoms with van der Waals surface area (Å²) in [5, 5.41) is 11.9. The van der Waals surface area contributed by atoms with E-state index in [1.54, 1.807) is 19.1 Å². The van der Waals surface area contributed by atoms with Gasteiger partial charge in [-0.25, -0.2) is 4.39 Å². The highest BCUT2D eigenvalue weighted by Crippen LogP contribution is 2.05. The molecule has 17 heavy (non-hydrogen) atoms. The highest BCUT2D eigenvalue weighted by atomic mass is 32.1. The Morgan fingerprint density at radius 3 is 2.53 bits per heavy atom. The molecule has 0 unspecified atom stereocenters. The average Bonchev–Trinajstić information content (AvgIpc) is 2.28. The molecule has 0 amide bonds. The molecule has 0 radical (unpaired) electrons. The quantitative estimate of drug-likeness (QED) is 0.487. The van der Waals surface area contributed by atoms with Gasteiger partial charge in [-0.15, -0.1) is 0 Å². The van der Waals surface area contributed by atoms with Crippen LogP contribution in [0.5, 0.6) is 0 Å². The zero-order valence-corrected chi connectivity index (χ0v) is 10.1.